The Morgan fingerprint density at radius 2 is 0.478 bits per heavy atom. The van der Waals surface area contributed by atoms with E-state index >= 15 is 0 Å². The van der Waals surface area contributed by atoms with Crippen molar-refractivity contribution in [2.75, 3.05) is 39.2 Å². The number of aryl methyl sites for hydroxylation is 4. The van der Waals surface area contributed by atoms with Gasteiger partial charge in [-0.15, -0.1) is 49.4 Å². The number of benzene rings is 9. The minimum Gasteiger partial charge on any atom is -0.493 e. The van der Waals surface area contributed by atoms with Crippen LogP contribution >= 0.6 is 0 Å². The number of fused-ring (bicyclic) bond motifs is 4. The Kier molecular flexibility index (Phi) is 23.3. The minimum absolute atomic E-state index is 0. The first-order valence-corrected chi connectivity index (χ1v) is 29.0. The Morgan fingerprint density at radius 1 is 0.228 bits per heavy atom. The van der Waals surface area contributed by atoms with Crippen molar-refractivity contribution in [1.29, 1.82) is 0 Å². The molecule has 0 amide bonds. The van der Waals surface area contributed by atoms with E-state index < -0.39 is 0 Å². The molecule has 4 aliphatic rings. The summed E-state index contributed by atoms with van der Waals surface area (Å²) in [5.41, 5.74) is 18.0. The van der Waals surface area contributed by atoms with E-state index in [1.54, 1.807) is 12.4 Å². The number of nitrogens with zero attached hydrogens (tertiary/aromatic N) is 12. The molecule has 0 spiro atoms. The smallest absolute Gasteiger partial charge is 0.145 e. The molecule has 4 aliphatic heterocycles. The molecule has 0 N–H and O–H groups in total. The summed E-state index contributed by atoms with van der Waals surface area (Å²) in [6, 6.07) is 94.9. The zero-order valence-electron chi connectivity index (χ0n) is 50.4. The molecule has 4 radical (unpaired) electrons. The van der Waals surface area contributed by atoms with Gasteiger partial charge in [-0.3, -0.25) is 0 Å². The predicted molar refractivity (Wildman–Crippen MR) is 357 cm³/mol. The summed E-state index contributed by atoms with van der Waals surface area (Å²) in [4.78, 5) is 35.1. The molecule has 0 aliphatic carbocycles. The summed E-state index contributed by atoms with van der Waals surface area (Å²) < 4.78 is 0. The number of aromatic nitrogens is 4. The fourth-order valence-corrected chi connectivity index (χ4v) is 10.9. The molecule has 0 fully saturated rings. The number of pyridine rings is 2. The monoisotopic (exact) mass is 1910 g/mol. The van der Waals surface area contributed by atoms with Gasteiger partial charge >= 0.3 is 0 Å². The molecule has 0 unspecified atom stereocenters. The Bertz CT molecular complexity index is 3770. The van der Waals surface area contributed by atoms with Gasteiger partial charge in [-0.1, -0.05) is 84.9 Å². The standard InChI is InChI=1S/C20H16N2.2C19H15N3.C18H14N4.4Ir/c1-16-9-5-6-12-18(16)22-15-21(17-10-3-2-4-11-17)19-13-7-8-14-20(19)22;1-15-8-5-6-11-17(15)22-14-21(16-9-3-2-4-10-16)19-18(22)12-7-13-20-19;1-15-8-5-6-11-17(15)22-14-21(16-9-3-2-4-10-16)18-12-7-13-20-19(18)22;1-14-7-5-6-10-16(14)22-13-21(15-8-3-2-4-9-15)17-18(22)20-12-11-19-17;;;;/h2-10,12-15H,1H3;2*2-9,11-14H,1H3;2-8,10-13H,1H3;;;;/q4*-2;;;;. The van der Waals surface area contributed by atoms with Crippen molar-refractivity contribution in [2.24, 2.45) is 0 Å². The van der Waals surface area contributed by atoms with Crippen LogP contribution in [0.2, 0.25) is 0 Å². The molecule has 0 atom stereocenters. The Balaban J connectivity index is 0.000000143. The third kappa shape index (κ3) is 14.3. The van der Waals surface area contributed by atoms with E-state index in [2.05, 4.69) is 260 Å². The van der Waals surface area contributed by atoms with Gasteiger partial charge in [0, 0.05) is 139 Å². The molecule has 0 bridgehead atoms. The molecular weight excluding hydrogens is 1850 g/mol. The summed E-state index contributed by atoms with van der Waals surface area (Å²) in [6.07, 6.45) is 7.08. The van der Waals surface area contributed by atoms with Gasteiger partial charge in [-0.05, 0) is 111 Å². The largest absolute Gasteiger partial charge is 0.493 e. The average Bonchev–Trinajstić information content (AvgIpc) is 1.71. The van der Waals surface area contributed by atoms with Gasteiger partial charge in [0.2, 0.25) is 0 Å². The van der Waals surface area contributed by atoms with Gasteiger partial charge < -0.3 is 39.2 Å². The van der Waals surface area contributed by atoms with Crippen molar-refractivity contribution in [2.45, 2.75) is 27.7 Å². The third-order valence-corrected chi connectivity index (χ3v) is 15.3. The second-order valence-corrected chi connectivity index (χ2v) is 20.9. The van der Waals surface area contributed by atoms with Gasteiger partial charge in [0.25, 0.3) is 0 Å². The van der Waals surface area contributed by atoms with E-state index in [1.807, 2.05) is 133 Å². The van der Waals surface area contributed by atoms with Crippen molar-refractivity contribution in [3.63, 3.8) is 0 Å². The normalized spacial score (nSPS) is 12.7. The van der Waals surface area contributed by atoms with E-state index in [-0.39, 0.29) is 80.4 Å². The molecule has 0 saturated carbocycles. The molecule has 9 aromatic carbocycles. The van der Waals surface area contributed by atoms with Gasteiger partial charge in [0.05, 0.1) is 11.4 Å². The molecule has 92 heavy (non-hydrogen) atoms. The van der Waals surface area contributed by atoms with E-state index in [4.69, 9.17) is 0 Å². The number of rotatable bonds is 8. The summed E-state index contributed by atoms with van der Waals surface area (Å²) in [7, 11) is 0. The van der Waals surface area contributed by atoms with Gasteiger partial charge in [-0.2, -0.15) is 121 Å². The van der Waals surface area contributed by atoms with Crippen LogP contribution < -0.4 is 39.2 Å². The van der Waals surface area contributed by atoms with Crippen molar-refractivity contribution >= 4 is 91.5 Å². The van der Waals surface area contributed by atoms with Crippen LogP contribution in [0.4, 0.5) is 91.5 Å². The molecule has 16 heteroatoms. The van der Waals surface area contributed by atoms with Crippen molar-refractivity contribution in [3.8, 4) is 0 Å². The molecule has 468 valence electrons. The first-order chi connectivity index (χ1) is 43.4. The molecule has 7 heterocycles. The Hall–Kier alpha value is -8.64. The predicted octanol–water partition coefficient (Wildman–Crippen LogP) is 18.4. The quantitative estimate of drug-likeness (QED) is 0.136. The SMILES string of the molecule is Cc1ccccc1N1[CH-]N(c2[c-]cccc2)c2ccccc21.Cc1ccccc1N1[CH-]N(c2[c-]cccc2)c2cccnc21.Cc1ccccc1N1[CH-]N(c2[c-]cccc2)c2ncccc21.Cc1ccccc1N1[CH-]N(c2[c-]cccc2)c2nccnc21.[Ir].[Ir].[Ir].[Ir]. The average molecular weight is 1910 g/mol. The summed E-state index contributed by atoms with van der Waals surface area (Å²) in [5, 5.41) is 0. The van der Waals surface area contributed by atoms with Crippen LogP contribution in [0.1, 0.15) is 22.3 Å². The molecule has 12 nitrogen and oxygen atoms in total. The maximum Gasteiger partial charge on any atom is 0.145 e. The topological polar surface area (TPSA) is 77.5 Å². The van der Waals surface area contributed by atoms with Crippen LogP contribution in [-0.2, 0) is 80.4 Å². The fraction of sp³-hybridized carbons (Fsp3) is 0.0526. The van der Waals surface area contributed by atoms with Gasteiger partial charge in [0.15, 0.2) is 0 Å². The zero-order valence-corrected chi connectivity index (χ0v) is 60.0. The second-order valence-electron chi connectivity index (χ2n) is 20.9. The van der Waals surface area contributed by atoms with E-state index in [1.165, 1.54) is 39.3 Å². The first-order valence-electron chi connectivity index (χ1n) is 29.0. The van der Waals surface area contributed by atoms with Gasteiger partial charge in [-0.25, -0.2) is 19.9 Å². The van der Waals surface area contributed by atoms with E-state index in [0.29, 0.717) is 0 Å². The number of hydrogen-bond acceptors (Lipinski definition) is 12. The number of hydrogen-bond donors (Lipinski definition) is 0. The molecule has 3 aromatic heterocycles. The maximum atomic E-state index is 4.57. The molecule has 0 saturated heterocycles. The van der Waals surface area contributed by atoms with Gasteiger partial charge in [0.1, 0.15) is 23.3 Å². The molecular formula is C76H60Ir4N12-8. The van der Waals surface area contributed by atoms with E-state index in [0.717, 1.165) is 74.5 Å². The van der Waals surface area contributed by atoms with Crippen LogP contribution in [-0.4, -0.2) is 19.9 Å². The Labute approximate surface area is 594 Å². The molecule has 12 aromatic rings. The second kappa shape index (κ2) is 31.6. The van der Waals surface area contributed by atoms with Crippen LogP contribution in [0.15, 0.2) is 267 Å². The summed E-state index contributed by atoms with van der Waals surface area (Å²) in [6.45, 7) is 16.8. The van der Waals surface area contributed by atoms with Crippen molar-refractivity contribution in [3.05, 3.63) is 341 Å². The third-order valence-electron chi connectivity index (χ3n) is 15.3. The molecule has 16 rings (SSSR count). The van der Waals surface area contributed by atoms with Crippen LogP contribution in [0, 0.1) is 78.6 Å². The minimum atomic E-state index is 0. The maximum absolute atomic E-state index is 4.57. The number of anilines is 16. The fourth-order valence-electron chi connectivity index (χ4n) is 10.9. The first kappa shape index (κ1) is 67.7. The van der Waals surface area contributed by atoms with Crippen molar-refractivity contribution in [1.82, 2.24) is 19.9 Å². The van der Waals surface area contributed by atoms with Crippen LogP contribution in [0.5, 0.6) is 0 Å². The van der Waals surface area contributed by atoms with E-state index in [9.17, 15) is 0 Å². The van der Waals surface area contributed by atoms with Crippen LogP contribution in [0.3, 0.4) is 0 Å². The summed E-state index contributed by atoms with van der Waals surface area (Å²) in [5.74, 6) is 3.50. The summed E-state index contributed by atoms with van der Waals surface area (Å²) >= 11 is 0. The number of para-hydroxylation sites is 10. The van der Waals surface area contributed by atoms with Crippen LogP contribution in [0.25, 0.3) is 0 Å². The Morgan fingerprint density at radius 3 is 0.891 bits per heavy atom. The van der Waals surface area contributed by atoms with Crippen molar-refractivity contribution < 1.29 is 80.4 Å². The zero-order chi connectivity index (χ0) is 59.8.